The zero-order valence-corrected chi connectivity index (χ0v) is 25.3. The maximum atomic E-state index is 13.9. The van der Waals surface area contributed by atoms with Gasteiger partial charge < -0.3 is 33.7 Å². The van der Waals surface area contributed by atoms with Gasteiger partial charge in [-0.1, -0.05) is 25.5 Å². The van der Waals surface area contributed by atoms with Gasteiger partial charge in [0.05, 0.1) is 45.2 Å². The predicted molar refractivity (Wildman–Crippen MR) is 163 cm³/mol. The number of rotatable bonds is 14. The smallest absolute Gasteiger partial charge is 0.308 e. The van der Waals surface area contributed by atoms with Crippen LogP contribution >= 0.6 is 0 Å². The minimum Gasteiger partial charge on any atom is -0.493 e. The van der Waals surface area contributed by atoms with Crippen molar-refractivity contribution in [3.63, 3.8) is 0 Å². The van der Waals surface area contributed by atoms with Crippen molar-refractivity contribution < 1.29 is 38.4 Å². The Labute approximate surface area is 257 Å². The SMILES string of the molecule is CCCCN(C(=O)CN1C[C@H](c2cc(OC)c3c(c2)OCO3)C(C(=O)O)[C@@H]1CCOc1ccccc1OC)c1cccnc1. The van der Waals surface area contributed by atoms with Gasteiger partial charge in [0.25, 0.3) is 0 Å². The number of nitrogens with zero attached hydrogens (tertiary/aromatic N) is 3. The second-order valence-corrected chi connectivity index (χ2v) is 10.8. The number of para-hydroxylation sites is 2. The first-order valence-electron chi connectivity index (χ1n) is 14.9. The average Bonchev–Trinajstić information content (AvgIpc) is 3.66. The van der Waals surface area contributed by atoms with Crippen LogP contribution in [0, 0.1) is 5.92 Å². The van der Waals surface area contributed by atoms with E-state index in [-0.39, 0.29) is 25.9 Å². The number of carboxylic acids is 1. The van der Waals surface area contributed by atoms with Gasteiger partial charge in [0, 0.05) is 31.2 Å². The number of unbranched alkanes of at least 4 members (excludes halogenated alkanes) is 1. The summed E-state index contributed by atoms with van der Waals surface area (Å²) in [5, 5.41) is 10.6. The zero-order valence-electron chi connectivity index (χ0n) is 25.3. The highest BCUT2D eigenvalue weighted by Gasteiger charge is 2.47. The van der Waals surface area contributed by atoms with E-state index in [1.54, 1.807) is 30.5 Å². The van der Waals surface area contributed by atoms with Crippen molar-refractivity contribution in [2.45, 2.75) is 38.1 Å². The van der Waals surface area contributed by atoms with Crippen LogP contribution in [0.1, 0.15) is 37.7 Å². The molecular formula is C33H39N3O8. The Morgan fingerprint density at radius 3 is 2.57 bits per heavy atom. The number of likely N-dealkylation sites (tertiary alicyclic amines) is 1. The van der Waals surface area contributed by atoms with Gasteiger partial charge in [-0.3, -0.25) is 19.5 Å². The van der Waals surface area contributed by atoms with Gasteiger partial charge >= 0.3 is 5.97 Å². The molecule has 2 aliphatic heterocycles. The summed E-state index contributed by atoms with van der Waals surface area (Å²) >= 11 is 0. The third kappa shape index (κ3) is 6.67. The van der Waals surface area contributed by atoms with Crippen molar-refractivity contribution in [2.24, 2.45) is 5.92 Å². The Hall–Kier alpha value is -4.51. The molecule has 11 heteroatoms. The number of aliphatic carboxylic acids is 1. The third-order valence-electron chi connectivity index (χ3n) is 8.21. The van der Waals surface area contributed by atoms with E-state index in [0.29, 0.717) is 53.9 Å². The van der Waals surface area contributed by atoms with E-state index in [0.717, 1.165) is 18.4 Å². The van der Waals surface area contributed by atoms with E-state index in [4.69, 9.17) is 23.7 Å². The molecular weight excluding hydrogens is 566 g/mol. The second-order valence-electron chi connectivity index (χ2n) is 10.8. The van der Waals surface area contributed by atoms with E-state index < -0.39 is 23.8 Å². The van der Waals surface area contributed by atoms with E-state index in [1.807, 2.05) is 47.4 Å². The Bertz CT molecular complexity index is 1440. The topological polar surface area (TPSA) is 120 Å². The fourth-order valence-electron chi connectivity index (χ4n) is 6.07. The van der Waals surface area contributed by atoms with Crippen molar-refractivity contribution in [1.82, 2.24) is 9.88 Å². The van der Waals surface area contributed by atoms with Gasteiger partial charge in [0.2, 0.25) is 18.4 Å². The monoisotopic (exact) mass is 605 g/mol. The molecule has 3 aromatic rings. The third-order valence-corrected chi connectivity index (χ3v) is 8.21. The normalized spacial score (nSPS) is 19.0. The fourth-order valence-corrected chi connectivity index (χ4v) is 6.07. The summed E-state index contributed by atoms with van der Waals surface area (Å²) in [5.41, 5.74) is 1.47. The number of pyridine rings is 1. The van der Waals surface area contributed by atoms with Crippen LogP contribution < -0.4 is 28.6 Å². The van der Waals surface area contributed by atoms with Crippen LogP contribution in [0.5, 0.6) is 28.7 Å². The largest absolute Gasteiger partial charge is 0.493 e. The first-order chi connectivity index (χ1) is 21.4. The first kappa shape index (κ1) is 30.9. The molecule has 5 rings (SSSR count). The summed E-state index contributed by atoms with van der Waals surface area (Å²) in [6, 6.07) is 14.1. The molecule has 1 fully saturated rings. The summed E-state index contributed by atoms with van der Waals surface area (Å²) < 4.78 is 28.3. The number of hydrogen-bond acceptors (Lipinski definition) is 9. The Balaban J connectivity index is 1.45. The van der Waals surface area contributed by atoms with Gasteiger partial charge in [-0.25, -0.2) is 0 Å². The number of ether oxygens (including phenoxy) is 5. The summed E-state index contributed by atoms with van der Waals surface area (Å²) in [6.07, 6.45) is 5.48. The Morgan fingerprint density at radius 2 is 1.86 bits per heavy atom. The maximum Gasteiger partial charge on any atom is 0.308 e. The van der Waals surface area contributed by atoms with E-state index >= 15 is 0 Å². The first-order valence-corrected chi connectivity index (χ1v) is 14.9. The number of fused-ring (bicyclic) bond motifs is 1. The lowest BCUT2D eigenvalue weighted by Crippen LogP contribution is -2.45. The van der Waals surface area contributed by atoms with Crippen molar-refractivity contribution in [2.75, 3.05) is 52.2 Å². The molecule has 234 valence electrons. The van der Waals surface area contributed by atoms with Crippen LogP contribution in [-0.4, -0.2) is 80.2 Å². The number of benzene rings is 2. The Morgan fingerprint density at radius 1 is 1.07 bits per heavy atom. The fraction of sp³-hybridized carbons (Fsp3) is 0.424. The van der Waals surface area contributed by atoms with Crippen molar-refractivity contribution in [3.8, 4) is 28.7 Å². The number of hydrogen-bond donors (Lipinski definition) is 1. The average molecular weight is 606 g/mol. The van der Waals surface area contributed by atoms with Crippen LogP contribution in [0.3, 0.4) is 0 Å². The number of amides is 1. The minimum atomic E-state index is -0.945. The van der Waals surface area contributed by atoms with Gasteiger partial charge in [-0.2, -0.15) is 0 Å². The molecule has 0 spiro atoms. The number of anilines is 1. The quantitative estimate of drug-likeness (QED) is 0.279. The van der Waals surface area contributed by atoms with Gasteiger partial charge in [0.15, 0.2) is 23.0 Å². The van der Waals surface area contributed by atoms with E-state index in [1.165, 1.54) is 7.11 Å². The van der Waals surface area contributed by atoms with Crippen LogP contribution in [0.15, 0.2) is 60.9 Å². The van der Waals surface area contributed by atoms with Crippen molar-refractivity contribution in [3.05, 3.63) is 66.5 Å². The summed E-state index contributed by atoms with van der Waals surface area (Å²) in [6.45, 7) is 3.30. The molecule has 0 bridgehead atoms. The molecule has 44 heavy (non-hydrogen) atoms. The molecule has 0 aliphatic carbocycles. The highest BCUT2D eigenvalue weighted by Crippen LogP contribution is 2.47. The highest BCUT2D eigenvalue weighted by atomic mass is 16.7. The molecule has 1 saturated heterocycles. The number of carbonyl (C=O) groups is 2. The standard InChI is InChI=1S/C33H39N3O8/c1-4-5-14-36(23-9-8-13-34-18-23)30(37)20-35-19-24(22-16-28(41-3)32-29(17-22)43-21-44-32)31(33(38)39)25(35)12-15-42-27-11-7-6-10-26(27)40-2/h6-11,13,16-18,24-25,31H,4-5,12,14-15,19-21H2,1-3H3,(H,38,39)/t24-,25+,31?/m1/s1. The van der Waals surface area contributed by atoms with E-state index in [2.05, 4.69) is 11.9 Å². The zero-order chi connectivity index (χ0) is 31.1. The van der Waals surface area contributed by atoms with Crippen LogP contribution in [0.25, 0.3) is 0 Å². The molecule has 2 aliphatic rings. The summed E-state index contributed by atoms with van der Waals surface area (Å²) in [5.74, 6) is 0.325. The molecule has 3 atom stereocenters. The van der Waals surface area contributed by atoms with E-state index in [9.17, 15) is 14.7 Å². The molecule has 0 saturated carbocycles. The molecule has 1 aromatic heterocycles. The molecule has 1 N–H and O–H groups in total. The molecule has 1 amide bonds. The second kappa shape index (κ2) is 14.3. The minimum absolute atomic E-state index is 0.0416. The van der Waals surface area contributed by atoms with Gasteiger partial charge in [0.1, 0.15) is 0 Å². The predicted octanol–water partition coefficient (Wildman–Crippen LogP) is 4.60. The van der Waals surface area contributed by atoms with Gasteiger partial charge in [-0.15, -0.1) is 0 Å². The lowest BCUT2D eigenvalue weighted by Gasteiger charge is -2.29. The number of aromatic nitrogens is 1. The molecule has 11 nitrogen and oxygen atoms in total. The lowest BCUT2D eigenvalue weighted by atomic mass is 9.84. The maximum absolute atomic E-state index is 13.9. The molecule has 1 unspecified atom stereocenters. The van der Waals surface area contributed by atoms with Crippen LogP contribution in [0.2, 0.25) is 0 Å². The van der Waals surface area contributed by atoms with Crippen molar-refractivity contribution in [1.29, 1.82) is 0 Å². The molecule has 0 radical (unpaired) electrons. The van der Waals surface area contributed by atoms with Crippen LogP contribution in [-0.2, 0) is 9.59 Å². The molecule has 2 aromatic carbocycles. The molecule has 3 heterocycles. The number of carbonyl (C=O) groups excluding carboxylic acids is 1. The Kier molecular flexibility index (Phi) is 10.1. The number of carboxylic acid groups (broad SMARTS) is 1. The lowest BCUT2D eigenvalue weighted by molar-refractivity contribution is -0.143. The van der Waals surface area contributed by atoms with Gasteiger partial charge in [-0.05, 0) is 54.8 Å². The summed E-state index contributed by atoms with van der Waals surface area (Å²) in [4.78, 5) is 34.8. The van der Waals surface area contributed by atoms with Crippen molar-refractivity contribution >= 4 is 17.6 Å². The highest BCUT2D eigenvalue weighted by molar-refractivity contribution is 5.94. The summed E-state index contributed by atoms with van der Waals surface area (Å²) in [7, 11) is 3.11. The number of methoxy groups -OCH3 is 2. The van der Waals surface area contributed by atoms with Crippen LogP contribution in [0.4, 0.5) is 5.69 Å².